The molecule has 2 rings (SSSR count). The molecule has 0 radical (unpaired) electrons. The number of benzene rings is 1. The van der Waals surface area contributed by atoms with E-state index < -0.39 is 0 Å². The summed E-state index contributed by atoms with van der Waals surface area (Å²) >= 11 is 0. The van der Waals surface area contributed by atoms with Crippen LogP contribution in [0.1, 0.15) is 31.2 Å². The smallest absolute Gasteiger partial charge is 0.139 e. The van der Waals surface area contributed by atoms with Gasteiger partial charge in [-0.25, -0.2) is 0 Å². The van der Waals surface area contributed by atoms with Gasteiger partial charge in [0.15, 0.2) is 0 Å². The van der Waals surface area contributed by atoms with Crippen LogP contribution in [0.5, 0.6) is 0 Å². The van der Waals surface area contributed by atoms with Crippen molar-refractivity contribution in [2.24, 2.45) is 0 Å². The first-order valence-electron chi connectivity index (χ1n) is 5.36. The summed E-state index contributed by atoms with van der Waals surface area (Å²) in [4.78, 5) is 0. The van der Waals surface area contributed by atoms with Gasteiger partial charge in [0.05, 0.1) is 0 Å². The van der Waals surface area contributed by atoms with Crippen molar-refractivity contribution in [3.63, 3.8) is 0 Å². The number of anilines is 1. The maximum Gasteiger partial charge on any atom is 0.139 e. The SMILES string of the molecule is Cc1cc(-n2cnnc2C(C)C)ccc1N. The van der Waals surface area contributed by atoms with Gasteiger partial charge in [-0.3, -0.25) is 4.57 Å². The molecule has 0 aliphatic rings. The van der Waals surface area contributed by atoms with Gasteiger partial charge in [0.25, 0.3) is 0 Å². The topological polar surface area (TPSA) is 56.7 Å². The summed E-state index contributed by atoms with van der Waals surface area (Å²) in [6.45, 7) is 6.20. The Morgan fingerprint density at radius 2 is 2.06 bits per heavy atom. The summed E-state index contributed by atoms with van der Waals surface area (Å²) in [7, 11) is 0. The van der Waals surface area contributed by atoms with Crippen molar-refractivity contribution < 1.29 is 0 Å². The van der Waals surface area contributed by atoms with Crippen molar-refractivity contribution in [2.75, 3.05) is 5.73 Å². The Labute approximate surface area is 95.1 Å². The highest BCUT2D eigenvalue weighted by atomic mass is 15.3. The minimum Gasteiger partial charge on any atom is -0.399 e. The quantitative estimate of drug-likeness (QED) is 0.783. The molecular weight excluding hydrogens is 200 g/mol. The van der Waals surface area contributed by atoms with E-state index in [9.17, 15) is 0 Å². The van der Waals surface area contributed by atoms with Crippen LogP contribution in [-0.4, -0.2) is 14.8 Å². The summed E-state index contributed by atoms with van der Waals surface area (Å²) in [5.74, 6) is 1.31. The summed E-state index contributed by atoms with van der Waals surface area (Å²) < 4.78 is 2.00. The van der Waals surface area contributed by atoms with Gasteiger partial charge in [-0.2, -0.15) is 0 Å². The third-order valence-corrected chi connectivity index (χ3v) is 2.62. The zero-order chi connectivity index (χ0) is 11.7. The fourth-order valence-corrected chi connectivity index (χ4v) is 1.65. The molecule has 0 aliphatic carbocycles. The standard InChI is InChI=1S/C12H16N4/c1-8(2)12-15-14-7-16(12)10-4-5-11(13)9(3)6-10/h4-8H,13H2,1-3H3. The number of nitrogen functional groups attached to an aromatic ring is 1. The lowest BCUT2D eigenvalue weighted by molar-refractivity contribution is 0.745. The van der Waals surface area contributed by atoms with Crippen LogP contribution in [0, 0.1) is 6.92 Å². The fraction of sp³-hybridized carbons (Fsp3) is 0.333. The van der Waals surface area contributed by atoms with Crippen molar-refractivity contribution in [1.82, 2.24) is 14.8 Å². The number of hydrogen-bond donors (Lipinski definition) is 1. The highest BCUT2D eigenvalue weighted by Gasteiger charge is 2.10. The van der Waals surface area contributed by atoms with Crippen LogP contribution in [0.3, 0.4) is 0 Å². The molecule has 0 saturated heterocycles. The molecular formula is C12H16N4. The summed E-state index contributed by atoms with van der Waals surface area (Å²) in [5.41, 5.74) is 8.73. The number of aromatic nitrogens is 3. The third-order valence-electron chi connectivity index (χ3n) is 2.62. The zero-order valence-electron chi connectivity index (χ0n) is 9.81. The lowest BCUT2D eigenvalue weighted by Gasteiger charge is -2.10. The Bertz CT molecular complexity index is 499. The van der Waals surface area contributed by atoms with Crippen LogP contribution in [0.15, 0.2) is 24.5 Å². The summed E-state index contributed by atoms with van der Waals surface area (Å²) in [6, 6.07) is 5.94. The highest BCUT2D eigenvalue weighted by Crippen LogP contribution is 2.20. The first-order chi connectivity index (χ1) is 7.59. The maximum atomic E-state index is 5.80. The number of nitrogens with zero attached hydrogens (tertiary/aromatic N) is 3. The van der Waals surface area contributed by atoms with Crippen LogP contribution in [0.2, 0.25) is 0 Å². The monoisotopic (exact) mass is 216 g/mol. The van der Waals surface area contributed by atoms with Crippen LogP contribution < -0.4 is 5.73 Å². The van der Waals surface area contributed by atoms with E-state index >= 15 is 0 Å². The second-order valence-corrected chi connectivity index (χ2v) is 4.25. The average Bonchev–Trinajstić information content (AvgIpc) is 2.71. The van der Waals surface area contributed by atoms with E-state index in [0.717, 1.165) is 22.8 Å². The van der Waals surface area contributed by atoms with E-state index in [0.29, 0.717) is 5.92 Å². The molecule has 4 heteroatoms. The molecule has 1 aromatic carbocycles. The maximum absolute atomic E-state index is 5.80. The van der Waals surface area contributed by atoms with Gasteiger partial charge < -0.3 is 5.73 Å². The van der Waals surface area contributed by atoms with Gasteiger partial charge in [-0.1, -0.05) is 13.8 Å². The molecule has 0 bridgehead atoms. The van der Waals surface area contributed by atoms with Crippen LogP contribution in [-0.2, 0) is 0 Å². The molecule has 84 valence electrons. The largest absolute Gasteiger partial charge is 0.399 e. The number of aryl methyl sites for hydroxylation is 1. The minimum atomic E-state index is 0.348. The first kappa shape index (κ1) is 10.7. The van der Waals surface area contributed by atoms with E-state index in [-0.39, 0.29) is 0 Å². The average molecular weight is 216 g/mol. The second kappa shape index (κ2) is 3.96. The van der Waals surface area contributed by atoms with Crippen LogP contribution >= 0.6 is 0 Å². The van der Waals surface area contributed by atoms with Gasteiger partial charge >= 0.3 is 0 Å². The van der Waals surface area contributed by atoms with Gasteiger partial charge in [0.2, 0.25) is 0 Å². The molecule has 16 heavy (non-hydrogen) atoms. The van der Waals surface area contributed by atoms with E-state index in [2.05, 4.69) is 24.0 Å². The van der Waals surface area contributed by atoms with Gasteiger partial charge in [0, 0.05) is 17.3 Å². The summed E-state index contributed by atoms with van der Waals surface area (Å²) in [6.07, 6.45) is 1.74. The molecule has 2 N–H and O–H groups in total. The minimum absolute atomic E-state index is 0.348. The molecule has 1 aromatic heterocycles. The van der Waals surface area contributed by atoms with Crippen LogP contribution in [0.25, 0.3) is 5.69 Å². The fourth-order valence-electron chi connectivity index (χ4n) is 1.65. The lowest BCUT2D eigenvalue weighted by Crippen LogP contribution is -2.03. The Kier molecular flexibility index (Phi) is 2.64. The predicted molar refractivity (Wildman–Crippen MR) is 64.6 cm³/mol. The van der Waals surface area contributed by atoms with E-state index in [1.165, 1.54) is 0 Å². The van der Waals surface area contributed by atoms with E-state index in [1.807, 2.05) is 29.7 Å². The Balaban J connectivity index is 2.50. The number of hydrogen-bond acceptors (Lipinski definition) is 3. The van der Waals surface area contributed by atoms with Crippen molar-refractivity contribution in [1.29, 1.82) is 0 Å². The summed E-state index contributed by atoms with van der Waals surface area (Å²) in [5, 5.41) is 8.08. The van der Waals surface area contributed by atoms with Crippen molar-refractivity contribution in [2.45, 2.75) is 26.7 Å². The molecule has 2 aromatic rings. The molecule has 0 atom stereocenters. The number of rotatable bonds is 2. The van der Waals surface area contributed by atoms with Gasteiger partial charge in [-0.05, 0) is 30.7 Å². The molecule has 0 unspecified atom stereocenters. The van der Waals surface area contributed by atoms with E-state index in [4.69, 9.17) is 5.73 Å². The van der Waals surface area contributed by atoms with Crippen molar-refractivity contribution >= 4 is 5.69 Å². The first-order valence-corrected chi connectivity index (χ1v) is 5.36. The van der Waals surface area contributed by atoms with Gasteiger partial charge in [0.1, 0.15) is 12.2 Å². The predicted octanol–water partition coefficient (Wildman–Crippen LogP) is 2.28. The van der Waals surface area contributed by atoms with Crippen molar-refractivity contribution in [3.05, 3.63) is 35.9 Å². The molecule has 1 heterocycles. The molecule has 0 fully saturated rings. The molecule has 0 amide bonds. The van der Waals surface area contributed by atoms with Crippen LogP contribution in [0.4, 0.5) is 5.69 Å². The Morgan fingerprint density at radius 1 is 1.31 bits per heavy atom. The van der Waals surface area contributed by atoms with Crippen molar-refractivity contribution in [3.8, 4) is 5.69 Å². The second-order valence-electron chi connectivity index (χ2n) is 4.25. The van der Waals surface area contributed by atoms with E-state index in [1.54, 1.807) is 6.33 Å². The molecule has 0 aliphatic heterocycles. The Morgan fingerprint density at radius 3 is 2.69 bits per heavy atom. The number of nitrogens with two attached hydrogens (primary N) is 1. The third kappa shape index (κ3) is 1.78. The highest BCUT2D eigenvalue weighted by molar-refractivity contribution is 5.52. The normalized spacial score (nSPS) is 11.0. The van der Waals surface area contributed by atoms with Gasteiger partial charge in [-0.15, -0.1) is 10.2 Å². The zero-order valence-corrected chi connectivity index (χ0v) is 9.81. The Hall–Kier alpha value is -1.84. The lowest BCUT2D eigenvalue weighted by atomic mass is 10.1. The molecule has 0 saturated carbocycles. The molecule has 4 nitrogen and oxygen atoms in total. The molecule has 0 spiro atoms.